The number of benzene rings is 1. The summed E-state index contributed by atoms with van der Waals surface area (Å²) in [6.07, 6.45) is 3.31. The molecular weight excluding hydrogens is 316 g/mol. The van der Waals surface area contributed by atoms with E-state index in [0.717, 1.165) is 37.2 Å². The monoisotopic (exact) mass is 340 g/mol. The average Bonchev–Trinajstić information content (AvgIpc) is 3.14. The summed E-state index contributed by atoms with van der Waals surface area (Å²) in [6, 6.07) is 11.3. The van der Waals surface area contributed by atoms with Gasteiger partial charge in [0.1, 0.15) is 0 Å². The molecule has 2 aromatic rings. The normalized spacial score (nSPS) is 20.0. The van der Waals surface area contributed by atoms with Crippen molar-refractivity contribution in [3.05, 3.63) is 56.8 Å². The van der Waals surface area contributed by atoms with Gasteiger partial charge >= 0.3 is 0 Å². The van der Waals surface area contributed by atoms with Crippen molar-refractivity contribution < 1.29 is 4.79 Å². The van der Waals surface area contributed by atoms with E-state index in [9.17, 15) is 4.79 Å². The van der Waals surface area contributed by atoms with Crippen LogP contribution < -0.4 is 5.32 Å². The van der Waals surface area contributed by atoms with Gasteiger partial charge < -0.3 is 5.32 Å². The molecule has 1 aromatic heterocycles. The Bertz CT molecular complexity index is 741. The maximum absolute atomic E-state index is 12.7. The summed E-state index contributed by atoms with van der Waals surface area (Å²) >= 11 is 1.67. The molecule has 2 heterocycles. The minimum Gasteiger partial charge on any atom is -0.345 e. The van der Waals surface area contributed by atoms with Crippen LogP contribution in [0, 0.1) is 0 Å². The lowest BCUT2D eigenvalue weighted by Gasteiger charge is -2.26. The van der Waals surface area contributed by atoms with Crippen LogP contribution in [-0.4, -0.2) is 16.8 Å². The first-order chi connectivity index (χ1) is 11.6. The zero-order valence-corrected chi connectivity index (χ0v) is 15.2. The smallest absolute Gasteiger partial charge is 0.261 e. The quantitative estimate of drug-likeness (QED) is 0.904. The number of nitrogens with zero attached hydrogens (tertiary/aromatic N) is 1. The van der Waals surface area contributed by atoms with E-state index in [1.165, 1.54) is 21.6 Å². The number of rotatable bonds is 3. The molecule has 3 nitrogen and oxygen atoms in total. The number of thiophene rings is 1. The first kappa shape index (κ1) is 15.9. The van der Waals surface area contributed by atoms with Crippen LogP contribution in [0.3, 0.4) is 0 Å². The molecule has 0 fully saturated rings. The van der Waals surface area contributed by atoms with Gasteiger partial charge in [0.2, 0.25) is 0 Å². The van der Waals surface area contributed by atoms with E-state index in [2.05, 4.69) is 54.4 Å². The SMILES string of the molecule is CC(C)N1Cc2cc(C(=O)NC3CCCc4ccccc43)sc2C1. The molecule has 0 saturated heterocycles. The van der Waals surface area contributed by atoms with E-state index in [0.29, 0.717) is 6.04 Å². The zero-order chi connectivity index (χ0) is 16.7. The summed E-state index contributed by atoms with van der Waals surface area (Å²) in [4.78, 5) is 17.4. The molecule has 0 spiro atoms. The van der Waals surface area contributed by atoms with Crippen molar-refractivity contribution in [2.75, 3.05) is 0 Å². The van der Waals surface area contributed by atoms with Crippen LogP contribution in [0.4, 0.5) is 0 Å². The molecule has 24 heavy (non-hydrogen) atoms. The highest BCUT2D eigenvalue weighted by atomic mass is 32.1. The summed E-state index contributed by atoms with van der Waals surface area (Å²) in [5.41, 5.74) is 4.02. The van der Waals surface area contributed by atoms with Gasteiger partial charge in [-0.15, -0.1) is 11.3 Å². The molecule has 4 rings (SSSR count). The second-order valence-electron chi connectivity index (χ2n) is 7.17. The van der Waals surface area contributed by atoms with Crippen molar-refractivity contribution in [1.82, 2.24) is 10.2 Å². The predicted molar refractivity (Wildman–Crippen MR) is 98.3 cm³/mol. The molecule has 1 N–H and O–H groups in total. The minimum atomic E-state index is 0.0900. The molecule has 0 radical (unpaired) electrons. The van der Waals surface area contributed by atoms with Crippen LogP contribution in [-0.2, 0) is 19.5 Å². The fraction of sp³-hybridized carbons (Fsp3) is 0.450. The fourth-order valence-electron chi connectivity index (χ4n) is 3.80. The predicted octanol–water partition coefficient (Wildman–Crippen LogP) is 4.28. The third kappa shape index (κ3) is 2.89. The van der Waals surface area contributed by atoms with Crippen LogP contribution in [0.25, 0.3) is 0 Å². The van der Waals surface area contributed by atoms with Gasteiger partial charge in [0, 0.05) is 24.0 Å². The minimum absolute atomic E-state index is 0.0900. The first-order valence-corrected chi connectivity index (χ1v) is 9.68. The number of fused-ring (bicyclic) bond motifs is 2. The number of nitrogens with one attached hydrogen (secondary N) is 1. The lowest BCUT2D eigenvalue weighted by Crippen LogP contribution is -2.30. The zero-order valence-electron chi connectivity index (χ0n) is 14.3. The molecule has 1 unspecified atom stereocenters. The van der Waals surface area contributed by atoms with Crippen LogP contribution in [0.1, 0.15) is 64.0 Å². The maximum atomic E-state index is 12.7. The molecule has 126 valence electrons. The maximum Gasteiger partial charge on any atom is 0.261 e. The number of carbonyl (C=O) groups excluding carboxylic acids is 1. The first-order valence-electron chi connectivity index (χ1n) is 8.86. The highest BCUT2D eigenvalue weighted by Crippen LogP contribution is 2.33. The third-order valence-corrected chi connectivity index (χ3v) is 6.41. The summed E-state index contributed by atoms with van der Waals surface area (Å²) in [7, 11) is 0. The Morgan fingerprint density at radius 2 is 2.08 bits per heavy atom. The lowest BCUT2D eigenvalue weighted by atomic mass is 9.88. The molecule has 1 aliphatic carbocycles. The second kappa shape index (κ2) is 6.34. The van der Waals surface area contributed by atoms with Crippen molar-refractivity contribution in [2.24, 2.45) is 0 Å². The van der Waals surface area contributed by atoms with Crippen molar-refractivity contribution >= 4 is 17.2 Å². The standard InChI is InChI=1S/C20H24N2OS/c1-13(2)22-11-15-10-18(24-19(15)12-22)20(23)21-17-9-5-7-14-6-3-4-8-16(14)17/h3-4,6,8,10,13,17H,5,7,9,11-12H2,1-2H3,(H,21,23). The lowest BCUT2D eigenvalue weighted by molar-refractivity contribution is 0.0936. The molecule has 1 atom stereocenters. The van der Waals surface area contributed by atoms with E-state index in [1.54, 1.807) is 11.3 Å². The van der Waals surface area contributed by atoms with E-state index in [-0.39, 0.29) is 11.9 Å². The number of hydrogen-bond acceptors (Lipinski definition) is 3. The fourth-order valence-corrected chi connectivity index (χ4v) is 4.91. The highest BCUT2D eigenvalue weighted by Gasteiger charge is 2.27. The van der Waals surface area contributed by atoms with Gasteiger partial charge in [-0.25, -0.2) is 0 Å². The average molecular weight is 340 g/mol. The van der Waals surface area contributed by atoms with Crippen molar-refractivity contribution in [3.63, 3.8) is 0 Å². The van der Waals surface area contributed by atoms with Gasteiger partial charge in [-0.3, -0.25) is 9.69 Å². The van der Waals surface area contributed by atoms with Crippen LogP contribution in [0.2, 0.25) is 0 Å². The Balaban J connectivity index is 1.48. The van der Waals surface area contributed by atoms with E-state index in [1.807, 2.05) is 0 Å². The topological polar surface area (TPSA) is 32.3 Å². The van der Waals surface area contributed by atoms with Gasteiger partial charge in [0.15, 0.2) is 0 Å². The Morgan fingerprint density at radius 1 is 1.25 bits per heavy atom. The summed E-state index contributed by atoms with van der Waals surface area (Å²) in [5, 5.41) is 3.27. The van der Waals surface area contributed by atoms with Crippen molar-refractivity contribution in [2.45, 2.75) is 58.3 Å². The van der Waals surface area contributed by atoms with Gasteiger partial charge in [0.05, 0.1) is 10.9 Å². The summed E-state index contributed by atoms with van der Waals surface area (Å²) in [5.74, 6) is 0.0900. The van der Waals surface area contributed by atoms with Gasteiger partial charge in [-0.1, -0.05) is 24.3 Å². The molecule has 1 aromatic carbocycles. The molecule has 1 aliphatic heterocycles. The van der Waals surface area contributed by atoms with Gasteiger partial charge in [0.25, 0.3) is 5.91 Å². The summed E-state index contributed by atoms with van der Waals surface area (Å²) < 4.78 is 0. The highest BCUT2D eigenvalue weighted by molar-refractivity contribution is 7.14. The van der Waals surface area contributed by atoms with Crippen LogP contribution >= 0.6 is 11.3 Å². The summed E-state index contributed by atoms with van der Waals surface area (Å²) in [6.45, 7) is 6.41. The van der Waals surface area contributed by atoms with E-state index < -0.39 is 0 Å². The number of carbonyl (C=O) groups is 1. The molecular formula is C20H24N2OS. The Hall–Kier alpha value is -1.65. The number of aryl methyl sites for hydroxylation is 1. The van der Waals surface area contributed by atoms with Crippen molar-refractivity contribution in [3.8, 4) is 0 Å². The van der Waals surface area contributed by atoms with Crippen molar-refractivity contribution in [1.29, 1.82) is 0 Å². The Kier molecular flexibility index (Phi) is 4.19. The van der Waals surface area contributed by atoms with E-state index in [4.69, 9.17) is 0 Å². The van der Waals surface area contributed by atoms with Gasteiger partial charge in [-0.2, -0.15) is 0 Å². The van der Waals surface area contributed by atoms with Crippen LogP contribution in [0.5, 0.6) is 0 Å². The second-order valence-corrected chi connectivity index (χ2v) is 8.31. The van der Waals surface area contributed by atoms with E-state index >= 15 is 0 Å². The van der Waals surface area contributed by atoms with Gasteiger partial charge in [-0.05, 0) is 55.9 Å². The molecule has 4 heteroatoms. The molecule has 0 bridgehead atoms. The largest absolute Gasteiger partial charge is 0.345 e. The van der Waals surface area contributed by atoms with Crippen LogP contribution in [0.15, 0.2) is 30.3 Å². The molecule has 1 amide bonds. The third-order valence-electron chi connectivity index (χ3n) is 5.25. The number of hydrogen-bond donors (Lipinski definition) is 1. The molecule has 0 saturated carbocycles. The molecule has 2 aliphatic rings. The Morgan fingerprint density at radius 3 is 2.88 bits per heavy atom. The Labute approximate surface area is 147 Å². The number of amides is 1.